The number of hydrogen-bond acceptors (Lipinski definition) is 5. The second-order valence-electron chi connectivity index (χ2n) is 6.40. The predicted molar refractivity (Wildman–Crippen MR) is 114 cm³/mol. The fraction of sp³-hybridized carbons (Fsp3) is 0.0870. The van der Waals surface area contributed by atoms with E-state index in [1.54, 1.807) is 12.4 Å². The molecule has 0 amide bonds. The Kier molecular flexibility index (Phi) is 5.24. The molecule has 0 atom stereocenters. The lowest BCUT2D eigenvalue weighted by atomic mass is 10.1. The quantitative estimate of drug-likeness (QED) is 0.524. The summed E-state index contributed by atoms with van der Waals surface area (Å²) in [6.07, 6.45) is 3.57. The van der Waals surface area contributed by atoms with Crippen molar-refractivity contribution >= 4 is 17.5 Å². The van der Waals surface area contributed by atoms with Gasteiger partial charge in [-0.25, -0.2) is 4.98 Å². The molecule has 0 aliphatic rings. The van der Waals surface area contributed by atoms with Gasteiger partial charge in [0.1, 0.15) is 5.82 Å². The van der Waals surface area contributed by atoms with E-state index >= 15 is 0 Å². The van der Waals surface area contributed by atoms with Crippen molar-refractivity contribution in [1.82, 2.24) is 15.0 Å². The number of pyridine rings is 1. The van der Waals surface area contributed by atoms with Gasteiger partial charge in [-0.1, -0.05) is 48.5 Å². The Morgan fingerprint density at radius 3 is 2.21 bits per heavy atom. The van der Waals surface area contributed by atoms with Gasteiger partial charge in [-0.3, -0.25) is 4.98 Å². The van der Waals surface area contributed by atoms with E-state index in [4.69, 9.17) is 9.97 Å². The zero-order valence-corrected chi connectivity index (χ0v) is 15.7. The van der Waals surface area contributed by atoms with Gasteiger partial charge < -0.3 is 10.2 Å². The lowest BCUT2D eigenvalue weighted by Crippen LogP contribution is -2.13. The number of nitrogens with zero attached hydrogens (tertiary/aromatic N) is 4. The van der Waals surface area contributed by atoms with Gasteiger partial charge >= 0.3 is 0 Å². The van der Waals surface area contributed by atoms with Crippen molar-refractivity contribution in [2.45, 2.75) is 6.54 Å². The second-order valence-corrected chi connectivity index (χ2v) is 6.40. The van der Waals surface area contributed by atoms with E-state index in [1.807, 2.05) is 61.6 Å². The van der Waals surface area contributed by atoms with Gasteiger partial charge in [0.15, 0.2) is 0 Å². The molecule has 0 unspecified atom stereocenters. The molecule has 4 rings (SSSR count). The van der Waals surface area contributed by atoms with Crippen LogP contribution in [0.3, 0.4) is 0 Å². The molecule has 5 nitrogen and oxygen atoms in total. The first kappa shape index (κ1) is 17.7. The SMILES string of the molecule is CN(c1ccccc1)c1cc(-c2ccccc2)nc(NCc2ccncc2)n1. The Labute approximate surface area is 164 Å². The van der Waals surface area contributed by atoms with E-state index in [2.05, 4.69) is 39.5 Å². The van der Waals surface area contributed by atoms with Crippen molar-refractivity contribution in [2.24, 2.45) is 0 Å². The number of hydrogen-bond donors (Lipinski definition) is 1. The summed E-state index contributed by atoms with van der Waals surface area (Å²) in [5.74, 6) is 1.42. The molecule has 0 fully saturated rings. The smallest absolute Gasteiger partial charge is 0.225 e. The second kappa shape index (κ2) is 8.31. The summed E-state index contributed by atoms with van der Waals surface area (Å²) in [4.78, 5) is 15.6. The van der Waals surface area contributed by atoms with Crippen LogP contribution in [0.1, 0.15) is 5.56 Å². The zero-order chi connectivity index (χ0) is 19.2. The highest BCUT2D eigenvalue weighted by Gasteiger charge is 2.11. The largest absolute Gasteiger partial charge is 0.350 e. The molecule has 28 heavy (non-hydrogen) atoms. The van der Waals surface area contributed by atoms with E-state index in [1.165, 1.54) is 0 Å². The van der Waals surface area contributed by atoms with Gasteiger partial charge in [-0.15, -0.1) is 0 Å². The van der Waals surface area contributed by atoms with Gasteiger partial charge in [0.2, 0.25) is 5.95 Å². The van der Waals surface area contributed by atoms with Crippen molar-refractivity contribution in [2.75, 3.05) is 17.3 Å². The van der Waals surface area contributed by atoms with Crippen LogP contribution in [0.5, 0.6) is 0 Å². The van der Waals surface area contributed by atoms with E-state index in [-0.39, 0.29) is 0 Å². The number of anilines is 3. The first-order chi connectivity index (χ1) is 13.8. The van der Waals surface area contributed by atoms with Crippen LogP contribution in [0, 0.1) is 0 Å². The molecule has 4 aromatic rings. The van der Waals surface area contributed by atoms with Crippen LogP contribution >= 0.6 is 0 Å². The van der Waals surface area contributed by atoms with Crippen LogP contribution in [0.15, 0.2) is 91.3 Å². The topological polar surface area (TPSA) is 53.9 Å². The number of para-hydroxylation sites is 1. The molecule has 2 aromatic carbocycles. The van der Waals surface area contributed by atoms with Gasteiger partial charge in [0, 0.05) is 43.3 Å². The highest BCUT2D eigenvalue weighted by atomic mass is 15.2. The molecule has 0 bridgehead atoms. The lowest BCUT2D eigenvalue weighted by Gasteiger charge is -2.20. The number of aromatic nitrogens is 3. The first-order valence-corrected chi connectivity index (χ1v) is 9.16. The fourth-order valence-electron chi connectivity index (χ4n) is 2.91. The Bertz CT molecular complexity index is 1020. The molecule has 2 aromatic heterocycles. The van der Waals surface area contributed by atoms with Gasteiger partial charge in [0.05, 0.1) is 5.69 Å². The molecule has 0 saturated heterocycles. The Morgan fingerprint density at radius 1 is 0.821 bits per heavy atom. The predicted octanol–water partition coefficient (Wildman–Crippen LogP) is 4.92. The summed E-state index contributed by atoms with van der Waals surface area (Å²) in [7, 11) is 2.01. The molecule has 0 aliphatic carbocycles. The summed E-state index contributed by atoms with van der Waals surface area (Å²) in [6, 6.07) is 26.3. The average molecular weight is 367 g/mol. The van der Waals surface area contributed by atoms with Crippen molar-refractivity contribution < 1.29 is 0 Å². The van der Waals surface area contributed by atoms with E-state index < -0.39 is 0 Å². The molecule has 2 heterocycles. The van der Waals surface area contributed by atoms with Gasteiger partial charge in [-0.05, 0) is 29.8 Å². The van der Waals surface area contributed by atoms with Crippen LogP contribution in [0.2, 0.25) is 0 Å². The molecule has 0 saturated carbocycles. The van der Waals surface area contributed by atoms with E-state index in [0.717, 1.165) is 28.3 Å². The number of rotatable bonds is 6. The molecular weight excluding hydrogens is 346 g/mol. The maximum atomic E-state index is 4.74. The monoisotopic (exact) mass is 367 g/mol. The Morgan fingerprint density at radius 2 is 1.50 bits per heavy atom. The van der Waals surface area contributed by atoms with Crippen LogP contribution in [0.25, 0.3) is 11.3 Å². The minimum absolute atomic E-state index is 0.593. The van der Waals surface area contributed by atoms with E-state index in [9.17, 15) is 0 Å². The third kappa shape index (κ3) is 4.15. The van der Waals surface area contributed by atoms with Crippen LogP contribution in [-0.4, -0.2) is 22.0 Å². The van der Waals surface area contributed by atoms with Crippen molar-refractivity contribution in [3.05, 3.63) is 96.8 Å². The van der Waals surface area contributed by atoms with E-state index in [0.29, 0.717) is 12.5 Å². The third-order valence-electron chi connectivity index (χ3n) is 4.47. The molecule has 0 aliphatic heterocycles. The summed E-state index contributed by atoms with van der Waals surface area (Å²) in [5.41, 5.74) is 4.13. The number of nitrogens with one attached hydrogen (secondary N) is 1. The Balaban J connectivity index is 1.69. The third-order valence-corrected chi connectivity index (χ3v) is 4.47. The maximum Gasteiger partial charge on any atom is 0.225 e. The van der Waals surface area contributed by atoms with Crippen LogP contribution in [0.4, 0.5) is 17.5 Å². The minimum atomic E-state index is 0.593. The highest BCUT2D eigenvalue weighted by molar-refractivity contribution is 5.68. The molecule has 1 N–H and O–H groups in total. The maximum absolute atomic E-state index is 4.74. The molecule has 0 spiro atoms. The normalized spacial score (nSPS) is 10.5. The molecule has 5 heteroatoms. The van der Waals surface area contributed by atoms with Crippen molar-refractivity contribution in [1.29, 1.82) is 0 Å². The standard InChI is InChI=1S/C23H21N5/c1-28(20-10-6-3-7-11-20)22-16-21(19-8-4-2-5-9-19)26-23(27-22)25-17-18-12-14-24-15-13-18/h2-16H,17H2,1H3,(H,25,26,27). The van der Waals surface area contributed by atoms with Gasteiger partial charge in [-0.2, -0.15) is 4.98 Å². The van der Waals surface area contributed by atoms with Crippen molar-refractivity contribution in [3.8, 4) is 11.3 Å². The summed E-state index contributed by atoms with van der Waals surface area (Å²) >= 11 is 0. The lowest BCUT2D eigenvalue weighted by molar-refractivity contribution is 1.03. The molecular formula is C23H21N5. The summed E-state index contributed by atoms with van der Waals surface area (Å²) in [5, 5.41) is 3.34. The fourth-order valence-corrected chi connectivity index (χ4v) is 2.91. The van der Waals surface area contributed by atoms with Gasteiger partial charge in [0.25, 0.3) is 0 Å². The minimum Gasteiger partial charge on any atom is -0.350 e. The Hall–Kier alpha value is -3.73. The number of benzene rings is 2. The molecule has 138 valence electrons. The zero-order valence-electron chi connectivity index (χ0n) is 15.7. The first-order valence-electron chi connectivity index (χ1n) is 9.16. The van der Waals surface area contributed by atoms with Crippen LogP contribution in [-0.2, 0) is 6.54 Å². The average Bonchev–Trinajstić information content (AvgIpc) is 2.79. The van der Waals surface area contributed by atoms with Crippen LogP contribution < -0.4 is 10.2 Å². The summed E-state index contributed by atoms with van der Waals surface area (Å²) in [6.45, 7) is 0.634. The summed E-state index contributed by atoms with van der Waals surface area (Å²) < 4.78 is 0. The highest BCUT2D eigenvalue weighted by Crippen LogP contribution is 2.27. The molecule has 0 radical (unpaired) electrons. The van der Waals surface area contributed by atoms with Crippen molar-refractivity contribution in [3.63, 3.8) is 0 Å².